The Bertz CT molecular complexity index is 181. The second-order valence-electron chi connectivity index (χ2n) is 2.17. The number of hydrogen-bond donors (Lipinski definition) is 0. The Morgan fingerprint density at radius 3 is 2.38 bits per heavy atom. The summed E-state index contributed by atoms with van der Waals surface area (Å²) in [6, 6.07) is 0. The van der Waals surface area contributed by atoms with Crippen molar-refractivity contribution in [1.29, 1.82) is 0 Å². The zero-order chi connectivity index (χ0) is 9.61. The maximum absolute atomic E-state index is 11.5. The van der Waals surface area contributed by atoms with Gasteiger partial charge in [-0.05, 0) is 6.42 Å². The number of carbonyl (C=O) groups is 1. The van der Waals surface area contributed by atoms with Crippen LogP contribution >= 0.6 is 0 Å². The molecule has 7 heteroatoms. The molecule has 0 aromatic heterocycles. The molecule has 0 aromatic carbocycles. The number of rotatable bonds is 4. The average molecular weight is 220 g/mol. The van der Waals surface area contributed by atoms with Crippen molar-refractivity contribution in [3.63, 3.8) is 0 Å². The maximum Gasteiger partial charge on any atom is 1.00 e. The summed E-state index contributed by atoms with van der Waals surface area (Å²) in [6.07, 6.45) is 0.976. The molecule has 70 valence electrons. The molecule has 0 atom stereocenters. The SMILES string of the molecule is COC(=O)CC/C=C/[B-](F)(F)F.[K+]. The molecule has 0 fully saturated rings. The number of hydrogen-bond acceptors (Lipinski definition) is 2. The van der Waals surface area contributed by atoms with E-state index in [1.54, 1.807) is 0 Å². The minimum atomic E-state index is -4.87. The van der Waals surface area contributed by atoms with Crippen LogP contribution in [0.1, 0.15) is 12.8 Å². The molecule has 0 aliphatic rings. The van der Waals surface area contributed by atoms with Crippen LogP contribution in [0, 0.1) is 0 Å². The summed E-state index contributed by atoms with van der Waals surface area (Å²) >= 11 is 0. The van der Waals surface area contributed by atoms with Gasteiger partial charge >= 0.3 is 64.3 Å². The van der Waals surface area contributed by atoms with E-state index < -0.39 is 12.9 Å². The van der Waals surface area contributed by atoms with E-state index in [0.717, 1.165) is 6.08 Å². The average Bonchev–Trinajstić information content (AvgIpc) is 1.96. The van der Waals surface area contributed by atoms with Crippen molar-refractivity contribution in [2.75, 3.05) is 7.11 Å². The molecule has 0 unspecified atom stereocenters. The first-order valence-electron chi connectivity index (χ1n) is 3.40. The van der Waals surface area contributed by atoms with E-state index in [-0.39, 0.29) is 70.2 Å². The van der Waals surface area contributed by atoms with Crippen LogP contribution in [0.3, 0.4) is 0 Å². The quantitative estimate of drug-likeness (QED) is 0.443. The molecule has 0 radical (unpaired) electrons. The minimum absolute atomic E-state index is 0. The van der Waals surface area contributed by atoms with Crippen LogP contribution in [-0.4, -0.2) is 20.1 Å². The van der Waals surface area contributed by atoms with Gasteiger partial charge in [-0.25, -0.2) is 0 Å². The molecule has 0 aliphatic heterocycles. The van der Waals surface area contributed by atoms with Crippen LogP contribution in [0.15, 0.2) is 12.1 Å². The van der Waals surface area contributed by atoms with Gasteiger partial charge in [0.1, 0.15) is 0 Å². The monoisotopic (exact) mass is 220 g/mol. The van der Waals surface area contributed by atoms with Crippen molar-refractivity contribution in [2.45, 2.75) is 12.8 Å². The molecule has 2 nitrogen and oxygen atoms in total. The van der Waals surface area contributed by atoms with Crippen molar-refractivity contribution in [3.05, 3.63) is 12.1 Å². The topological polar surface area (TPSA) is 26.3 Å². The van der Waals surface area contributed by atoms with Gasteiger partial charge in [0.25, 0.3) is 0 Å². The molecular formula is C6H9BF3KO2. The summed E-state index contributed by atoms with van der Waals surface area (Å²) in [6.45, 7) is -4.87. The number of esters is 1. The van der Waals surface area contributed by atoms with Gasteiger partial charge in [-0.2, -0.15) is 0 Å². The van der Waals surface area contributed by atoms with Crippen molar-refractivity contribution in [2.24, 2.45) is 0 Å². The van der Waals surface area contributed by atoms with Gasteiger partial charge in [-0.1, -0.05) is 0 Å². The number of methoxy groups -OCH3 is 1. The molecule has 0 bridgehead atoms. The number of ether oxygens (including phenoxy) is 1. The summed E-state index contributed by atoms with van der Waals surface area (Å²) < 4.78 is 38.8. The Hall–Kier alpha value is 0.701. The van der Waals surface area contributed by atoms with Gasteiger partial charge < -0.3 is 17.7 Å². The normalized spacial score (nSPS) is 11.1. The van der Waals surface area contributed by atoms with E-state index in [1.165, 1.54) is 7.11 Å². The van der Waals surface area contributed by atoms with E-state index in [1.807, 2.05) is 0 Å². The molecule has 0 spiro atoms. The van der Waals surface area contributed by atoms with Gasteiger partial charge in [-0.15, -0.1) is 12.1 Å². The predicted octanol–water partition coefficient (Wildman–Crippen LogP) is -1.11. The molecular weight excluding hydrogens is 211 g/mol. The second-order valence-corrected chi connectivity index (χ2v) is 2.17. The molecule has 0 aliphatic carbocycles. The molecule has 0 aromatic rings. The molecule has 0 amide bonds. The number of carbonyl (C=O) groups excluding carboxylic acids is 1. The first-order valence-corrected chi connectivity index (χ1v) is 3.40. The molecule has 0 saturated carbocycles. The number of allylic oxidation sites excluding steroid dienone is 1. The fourth-order valence-electron chi connectivity index (χ4n) is 0.554. The van der Waals surface area contributed by atoms with E-state index in [9.17, 15) is 17.7 Å². The third kappa shape index (κ3) is 12.7. The first kappa shape index (κ1) is 16.1. The van der Waals surface area contributed by atoms with Gasteiger partial charge in [0.05, 0.1) is 7.11 Å². The van der Waals surface area contributed by atoms with Crippen molar-refractivity contribution >= 4 is 12.9 Å². The first-order chi connectivity index (χ1) is 5.45. The zero-order valence-electron chi connectivity index (χ0n) is 7.60. The largest absolute Gasteiger partial charge is 1.00 e. The minimum Gasteiger partial charge on any atom is -0.469 e. The smallest absolute Gasteiger partial charge is 0.469 e. The Labute approximate surface area is 117 Å². The third-order valence-corrected chi connectivity index (χ3v) is 1.10. The molecule has 0 rings (SSSR count). The summed E-state index contributed by atoms with van der Waals surface area (Å²) in [5.41, 5.74) is 0. The molecule has 0 heterocycles. The Morgan fingerprint density at radius 1 is 1.46 bits per heavy atom. The fraction of sp³-hybridized carbons (Fsp3) is 0.500. The van der Waals surface area contributed by atoms with E-state index >= 15 is 0 Å². The predicted molar refractivity (Wildman–Crippen MR) is 39.5 cm³/mol. The van der Waals surface area contributed by atoms with Crippen LogP contribution in [-0.2, 0) is 9.53 Å². The third-order valence-electron chi connectivity index (χ3n) is 1.10. The fourth-order valence-corrected chi connectivity index (χ4v) is 0.554. The van der Waals surface area contributed by atoms with Crippen molar-refractivity contribution < 1.29 is 73.9 Å². The van der Waals surface area contributed by atoms with Crippen molar-refractivity contribution in [1.82, 2.24) is 0 Å². The zero-order valence-corrected chi connectivity index (χ0v) is 10.7. The van der Waals surface area contributed by atoms with E-state index in [2.05, 4.69) is 4.74 Å². The summed E-state index contributed by atoms with van der Waals surface area (Å²) in [4.78, 5) is 10.4. The Morgan fingerprint density at radius 2 is 2.00 bits per heavy atom. The van der Waals surface area contributed by atoms with Gasteiger partial charge in [0.15, 0.2) is 0 Å². The van der Waals surface area contributed by atoms with Crippen LogP contribution in [0.4, 0.5) is 12.9 Å². The van der Waals surface area contributed by atoms with E-state index in [4.69, 9.17) is 0 Å². The molecule has 0 N–H and O–H groups in total. The summed E-state index contributed by atoms with van der Waals surface area (Å²) in [5.74, 6) is -0.336. The molecule has 13 heavy (non-hydrogen) atoms. The maximum atomic E-state index is 11.5. The standard InChI is InChI=1S/C6H9BF3O2.K/c1-12-6(11)4-2-3-5-7(8,9)10;/h3,5H,2,4H2,1H3;/q-1;+1/b5-3+;. The van der Waals surface area contributed by atoms with Crippen molar-refractivity contribution in [3.8, 4) is 0 Å². The van der Waals surface area contributed by atoms with Crippen LogP contribution < -0.4 is 51.4 Å². The molecule has 0 saturated heterocycles. The van der Waals surface area contributed by atoms with Crippen LogP contribution in [0.5, 0.6) is 0 Å². The Balaban J connectivity index is 0. The Kier molecular flexibility index (Phi) is 9.99. The van der Waals surface area contributed by atoms with Gasteiger partial charge in [-0.3, -0.25) is 4.79 Å². The van der Waals surface area contributed by atoms with Crippen LogP contribution in [0.25, 0.3) is 0 Å². The van der Waals surface area contributed by atoms with E-state index in [0.29, 0.717) is 0 Å². The van der Waals surface area contributed by atoms with Gasteiger partial charge in [0.2, 0.25) is 0 Å². The summed E-state index contributed by atoms with van der Waals surface area (Å²) in [5, 5.41) is 0. The van der Waals surface area contributed by atoms with Gasteiger partial charge in [0, 0.05) is 6.42 Å². The number of halogens is 3. The van der Waals surface area contributed by atoms with Crippen LogP contribution in [0.2, 0.25) is 0 Å². The summed E-state index contributed by atoms with van der Waals surface area (Å²) in [7, 11) is 1.19. The second kappa shape index (κ2) is 8.05.